The fourth-order valence-corrected chi connectivity index (χ4v) is 2.56. The Bertz CT molecular complexity index is 546. The van der Waals surface area contributed by atoms with Crippen molar-refractivity contribution < 1.29 is 0 Å². The van der Waals surface area contributed by atoms with Gasteiger partial charge in [-0.2, -0.15) is 0 Å². The number of nitrogens with zero attached hydrogens (tertiary/aromatic N) is 1. The van der Waals surface area contributed by atoms with Gasteiger partial charge in [0.1, 0.15) is 0 Å². The highest BCUT2D eigenvalue weighted by Crippen LogP contribution is 2.29. The molecule has 0 atom stereocenters. The average Bonchev–Trinajstić information content (AvgIpc) is 2.39. The van der Waals surface area contributed by atoms with E-state index in [-0.39, 0.29) is 0 Å². The molecule has 0 aliphatic carbocycles. The molecule has 86 valence electrons. The third kappa shape index (κ3) is 1.85. The first-order valence-electron chi connectivity index (χ1n) is 6.09. The van der Waals surface area contributed by atoms with Crippen molar-refractivity contribution in [1.82, 2.24) is 10.3 Å². The number of rotatable bonds is 1. The topological polar surface area (TPSA) is 24.9 Å². The lowest BCUT2D eigenvalue weighted by Crippen LogP contribution is -2.24. The molecule has 2 heteroatoms. The normalized spacial score (nSPS) is 14.4. The fraction of sp³-hybridized carbons (Fsp3) is 0.267. The van der Waals surface area contributed by atoms with Crippen molar-refractivity contribution in [3.8, 4) is 11.1 Å². The van der Waals surface area contributed by atoms with Gasteiger partial charge in [0, 0.05) is 18.9 Å². The molecule has 2 heterocycles. The second kappa shape index (κ2) is 4.30. The van der Waals surface area contributed by atoms with E-state index in [0.29, 0.717) is 0 Å². The standard InChI is InChI=1S/C15H16N2/c1-11-9-16-7-5-13(11)15-4-2-3-12-10-17-8-6-14(12)15/h2-5,7,9,17H,6,8,10H2,1H3. The van der Waals surface area contributed by atoms with Gasteiger partial charge in [0.25, 0.3) is 0 Å². The number of hydrogen-bond donors (Lipinski definition) is 1. The van der Waals surface area contributed by atoms with Gasteiger partial charge >= 0.3 is 0 Å². The molecule has 3 rings (SSSR count). The van der Waals surface area contributed by atoms with Gasteiger partial charge in [-0.3, -0.25) is 4.98 Å². The number of pyridine rings is 1. The number of fused-ring (bicyclic) bond motifs is 1. The molecular formula is C15H16N2. The van der Waals surface area contributed by atoms with Crippen molar-refractivity contribution in [3.05, 3.63) is 53.3 Å². The van der Waals surface area contributed by atoms with Crippen molar-refractivity contribution in [1.29, 1.82) is 0 Å². The highest BCUT2D eigenvalue weighted by atomic mass is 14.9. The summed E-state index contributed by atoms with van der Waals surface area (Å²) in [4.78, 5) is 4.17. The minimum absolute atomic E-state index is 0.993. The summed E-state index contributed by atoms with van der Waals surface area (Å²) in [6.45, 7) is 4.20. The van der Waals surface area contributed by atoms with E-state index in [2.05, 4.69) is 41.5 Å². The molecule has 1 N–H and O–H groups in total. The highest BCUT2D eigenvalue weighted by Gasteiger charge is 2.14. The lowest BCUT2D eigenvalue weighted by molar-refractivity contribution is 0.645. The molecule has 2 aromatic rings. The van der Waals surface area contributed by atoms with Crippen LogP contribution in [0.25, 0.3) is 11.1 Å². The minimum atomic E-state index is 0.993. The van der Waals surface area contributed by atoms with Crippen LogP contribution in [0.2, 0.25) is 0 Å². The Hall–Kier alpha value is -1.67. The van der Waals surface area contributed by atoms with Crippen molar-refractivity contribution in [2.24, 2.45) is 0 Å². The number of aryl methyl sites for hydroxylation is 1. The molecule has 0 amide bonds. The van der Waals surface area contributed by atoms with E-state index < -0.39 is 0 Å². The first-order valence-corrected chi connectivity index (χ1v) is 6.09. The maximum atomic E-state index is 4.17. The second-order valence-corrected chi connectivity index (χ2v) is 4.56. The summed E-state index contributed by atoms with van der Waals surface area (Å²) >= 11 is 0. The van der Waals surface area contributed by atoms with Gasteiger partial charge in [0.05, 0.1) is 0 Å². The molecule has 1 aliphatic heterocycles. The molecule has 17 heavy (non-hydrogen) atoms. The summed E-state index contributed by atoms with van der Waals surface area (Å²) in [6, 6.07) is 8.72. The van der Waals surface area contributed by atoms with Crippen LogP contribution in [-0.2, 0) is 13.0 Å². The smallest absolute Gasteiger partial charge is 0.0303 e. The van der Waals surface area contributed by atoms with E-state index in [9.17, 15) is 0 Å². The summed E-state index contributed by atoms with van der Waals surface area (Å²) in [6.07, 6.45) is 4.94. The maximum Gasteiger partial charge on any atom is 0.0303 e. The Morgan fingerprint density at radius 1 is 1.18 bits per heavy atom. The zero-order chi connectivity index (χ0) is 11.7. The zero-order valence-electron chi connectivity index (χ0n) is 10.0. The number of hydrogen-bond acceptors (Lipinski definition) is 2. The first-order chi connectivity index (χ1) is 8.36. The minimum Gasteiger partial charge on any atom is -0.312 e. The van der Waals surface area contributed by atoms with E-state index in [4.69, 9.17) is 0 Å². The number of nitrogens with one attached hydrogen (secondary N) is 1. The van der Waals surface area contributed by atoms with Crippen LogP contribution >= 0.6 is 0 Å². The molecule has 1 aliphatic rings. The van der Waals surface area contributed by atoms with Gasteiger partial charge in [-0.15, -0.1) is 0 Å². The average molecular weight is 224 g/mol. The molecule has 0 spiro atoms. The van der Waals surface area contributed by atoms with E-state index in [1.165, 1.54) is 27.8 Å². The lowest BCUT2D eigenvalue weighted by Gasteiger charge is -2.21. The second-order valence-electron chi connectivity index (χ2n) is 4.56. The maximum absolute atomic E-state index is 4.17. The Balaban J connectivity index is 2.18. The number of benzene rings is 1. The SMILES string of the molecule is Cc1cnccc1-c1cccc2c1CCNC2. The van der Waals surface area contributed by atoms with E-state index in [1.54, 1.807) is 0 Å². The van der Waals surface area contributed by atoms with E-state index in [1.807, 2.05) is 12.4 Å². The van der Waals surface area contributed by atoms with Crippen LogP contribution < -0.4 is 5.32 Å². The van der Waals surface area contributed by atoms with E-state index >= 15 is 0 Å². The molecule has 2 nitrogen and oxygen atoms in total. The van der Waals surface area contributed by atoms with Gasteiger partial charge in [0.15, 0.2) is 0 Å². The Labute approximate surface area is 102 Å². The lowest BCUT2D eigenvalue weighted by atomic mass is 9.90. The predicted octanol–water partition coefficient (Wildman–Crippen LogP) is 2.70. The van der Waals surface area contributed by atoms with Crippen LogP contribution in [0.5, 0.6) is 0 Å². The van der Waals surface area contributed by atoms with E-state index in [0.717, 1.165) is 19.5 Å². The Morgan fingerprint density at radius 2 is 2.12 bits per heavy atom. The number of aromatic nitrogens is 1. The fourth-order valence-electron chi connectivity index (χ4n) is 2.56. The highest BCUT2D eigenvalue weighted by molar-refractivity contribution is 5.71. The molecular weight excluding hydrogens is 208 g/mol. The van der Waals surface area contributed by atoms with Gasteiger partial charge < -0.3 is 5.32 Å². The zero-order valence-corrected chi connectivity index (χ0v) is 10.0. The Kier molecular flexibility index (Phi) is 2.65. The van der Waals surface area contributed by atoms with Gasteiger partial charge in [-0.1, -0.05) is 18.2 Å². The molecule has 0 unspecified atom stereocenters. The van der Waals surface area contributed by atoms with Crippen molar-refractivity contribution in [2.75, 3.05) is 6.54 Å². The predicted molar refractivity (Wildman–Crippen MR) is 69.8 cm³/mol. The molecule has 0 saturated carbocycles. The summed E-state index contributed by atoms with van der Waals surface area (Å²) < 4.78 is 0. The van der Waals surface area contributed by atoms with Crippen LogP contribution in [0.15, 0.2) is 36.7 Å². The largest absolute Gasteiger partial charge is 0.312 e. The van der Waals surface area contributed by atoms with Crippen LogP contribution in [-0.4, -0.2) is 11.5 Å². The van der Waals surface area contributed by atoms with Crippen molar-refractivity contribution >= 4 is 0 Å². The Morgan fingerprint density at radius 3 is 3.00 bits per heavy atom. The molecule has 1 aromatic heterocycles. The van der Waals surface area contributed by atoms with Crippen molar-refractivity contribution in [2.45, 2.75) is 19.9 Å². The van der Waals surface area contributed by atoms with Crippen molar-refractivity contribution in [3.63, 3.8) is 0 Å². The monoisotopic (exact) mass is 224 g/mol. The van der Waals surface area contributed by atoms with Crippen LogP contribution in [0.4, 0.5) is 0 Å². The first kappa shape index (κ1) is 10.5. The molecule has 0 saturated heterocycles. The van der Waals surface area contributed by atoms with Crippen LogP contribution in [0, 0.1) is 6.92 Å². The van der Waals surface area contributed by atoms with Gasteiger partial charge in [-0.25, -0.2) is 0 Å². The summed E-state index contributed by atoms with van der Waals surface area (Å²) in [7, 11) is 0. The third-order valence-electron chi connectivity index (χ3n) is 3.45. The molecule has 0 bridgehead atoms. The molecule has 1 aromatic carbocycles. The summed E-state index contributed by atoms with van der Waals surface area (Å²) in [5.74, 6) is 0. The molecule has 0 fully saturated rings. The third-order valence-corrected chi connectivity index (χ3v) is 3.45. The quantitative estimate of drug-likeness (QED) is 0.805. The van der Waals surface area contributed by atoms with Gasteiger partial charge in [-0.05, 0) is 53.8 Å². The van der Waals surface area contributed by atoms with Gasteiger partial charge in [0.2, 0.25) is 0 Å². The van der Waals surface area contributed by atoms with Crippen LogP contribution in [0.1, 0.15) is 16.7 Å². The summed E-state index contributed by atoms with van der Waals surface area (Å²) in [5, 5.41) is 3.42. The van der Waals surface area contributed by atoms with Crippen LogP contribution in [0.3, 0.4) is 0 Å². The molecule has 0 radical (unpaired) electrons. The summed E-state index contributed by atoms with van der Waals surface area (Å²) in [5.41, 5.74) is 6.88.